The number of alkyl halides is 3. The van der Waals surface area contributed by atoms with Crippen molar-refractivity contribution in [3.63, 3.8) is 0 Å². The Morgan fingerprint density at radius 3 is 2.39 bits per heavy atom. The van der Waals surface area contributed by atoms with E-state index < -0.39 is 12.2 Å². The molecule has 1 aliphatic rings. The molecule has 1 aliphatic heterocycles. The largest absolute Gasteiger partial charge is 0.496 e. The van der Waals surface area contributed by atoms with E-state index in [0.717, 1.165) is 17.3 Å². The zero-order valence-corrected chi connectivity index (χ0v) is 17.1. The molecule has 0 bridgehead atoms. The summed E-state index contributed by atoms with van der Waals surface area (Å²) in [5.74, 6) is 1.75. The van der Waals surface area contributed by atoms with Gasteiger partial charge in [0.05, 0.1) is 7.11 Å². The first kappa shape index (κ1) is 22.3. The monoisotopic (exact) mass is 400 g/mol. The summed E-state index contributed by atoms with van der Waals surface area (Å²) in [5.41, 5.74) is 1.09. The maximum Gasteiger partial charge on any atom is 0.403 e. The van der Waals surface area contributed by atoms with Crippen LogP contribution < -0.4 is 10.1 Å². The van der Waals surface area contributed by atoms with Crippen LogP contribution >= 0.6 is 0 Å². The summed E-state index contributed by atoms with van der Waals surface area (Å²) in [4.78, 5) is 8.27. The van der Waals surface area contributed by atoms with Crippen molar-refractivity contribution in [3.05, 3.63) is 29.8 Å². The number of nitrogens with zero attached hydrogens (tertiary/aromatic N) is 3. The van der Waals surface area contributed by atoms with Gasteiger partial charge < -0.3 is 15.0 Å². The van der Waals surface area contributed by atoms with Gasteiger partial charge in [-0.1, -0.05) is 25.1 Å². The summed E-state index contributed by atoms with van der Waals surface area (Å²) in [6.45, 7) is 8.37. The highest BCUT2D eigenvalue weighted by atomic mass is 19.4. The van der Waals surface area contributed by atoms with Gasteiger partial charge in [-0.2, -0.15) is 13.2 Å². The van der Waals surface area contributed by atoms with Gasteiger partial charge in [-0.15, -0.1) is 0 Å². The molecule has 1 N–H and O–H groups in total. The summed E-state index contributed by atoms with van der Waals surface area (Å²) in [5, 5.41) is 3.27. The van der Waals surface area contributed by atoms with Gasteiger partial charge in [0.15, 0.2) is 5.96 Å². The summed E-state index contributed by atoms with van der Waals surface area (Å²) in [7, 11) is 1.65. The lowest BCUT2D eigenvalue weighted by molar-refractivity contribution is -0.181. The van der Waals surface area contributed by atoms with Gasteiger partial charge in [0, 0.05) is 45.2 Å². The van der Waals surface area contributed by atoms with Crippen LogP contribution in [0.4, 0.5) is 13.2 Å². The molecule has 2 rings (SSSR count). The summed E-state index contributed by atoms with van der Waals surface area (Å²) < 4.78 is 44.3. The molecule has 0 radical (unpaired) electrons. The van der Waals surface area contributed by atoms with E-state index in [1.54, 1.807) is 7.11 Å². The molecule has 28 heavy (non-hydrogen) atoms. The Kier molecular flexibility index (Phi) is 7.98. The van der Waals surface area contributed by atoms with Gasteiger partial charge in [0.2, 0.25) is 0 Å². The molecule has 1 saturated heterocycles. The molecule has 1 aromatic carbocycles. The lowest BCUT2D eigenvalue weighted by atomic mass is 10.0. The van der Waals surface area contributed by atoms with Crippen LogP contribution in [0.15, 0.2) is 29.3 Å². The Bertz CT molecular complexity index is 643. The molecule has 1 heterocycles. The number of hydrogen-bond acceptors (Lipinski definition) is 3. The molecular formula is C20H31F3N4O. The number of methoxy groups -OCH3 is 1. The minimum absolute atomic E-state index is 0.163. The molecule has 0 amide bonds. The van der Waals surface area contributed by atoms with Crippen molar-refractivity contribution < 1.29 is 17.9 Å². The quantitative estimate of drug-likeness (QED) is 0.587. The van der Waals surface area contributed by atoms with Gasteiger partial charge in [-0.3, -0.25) is 9.89 Å². The topological polar surface area (TPSA) is 40.1 Å². The fourth-order valence-electron chi connectivity index (χ4n) is 3.35. The highest BCUT2D eigenvalue weighted by Gasteiger charge is 2.41. The lowest BCUT2D eigenvalue weighted by Gasteiger charge is -2.39. The molecule has 1 aromatic rings. The van der Waals surface area contributed by atoms with Crippen molar-refractivity contribution in [1.29, 1.82) is 0 Å². The third-order valence-corrected chi connectivity index (χ3v) is 5.15. The second-order valence-electron chi connectivity index (χ2n) is 7.08. The summed E-state index contributed by atoms with van der Waals surface area (Å²) >= 11 is 0. The third kappa shape index (κ3) is 5.77. The standard InChI is InChI=1S/C20H31F3N4O/c1-5-24-19(25-14-15(2)17-8-6-7-9-18(17)28-4)27-12-10-26(11-13-27)16(3)20(21,22)23/h6-9,15-16H,5,10-14H2,1-4H3,(H,24,25). The highest BCUT2D eigenvalue weighted by Crippen LogP contribution is 2.27. The average Bonchev–Trinajstić information content (AvgIpc) is 2.69. The summed E-state index contributed by atoms with van der Waals surface area (Å²) in [6, 6.07) is 6.46. The van der Waals surface area contributed by atoms with Gasteiger partial charge >= 0.3 is 6.18 Å². The van der Waals surface area contributed by atoms with Crippen molar-refractivity contribution in [1.82, 2.24) is 15.1 Å². The van der Waals surface area contributed by atoms with Crippen LogP contribution in [-0.2, 0) is 0 Å². The predicted octanol–water partition coefficient (Wildman–Crippen LogP) is 3.33. The fraction of sp³-hybridized carbons (Fsp3) is 0.650. The zero-order valence-electron chi connectivity index (χ0n) is 17.1. The molecular weight excluding hydrogens is 369 g/mol. The Labute approximate surface area is 165 Å². The lowest BCUT2D eigenvalue weighted by Crippen LogP contribution is -2.56. The maximum absolute atomic E-state index is 12.9. The van der Waals surface area contributed by atoms with Crippen LogP contribution in [0.2, 0.25) is 0 Å². The smallest absolute Gasteiger partial charge is 0.403 e. The molecule has 0 saturated carbocycles. The Hall–Kier alpha value is -1.96. The molecule has 5 nitrogen and oxygen atoms in total. The molecule has 8 heteroatoms. The van der Waals surface area contributed by atoms with Crippen molar-refractivity contribution in [2.24, 2.45) is 4.99 Å². The van der Waals surface area contributed by atoms with Gasteiger partial charge in [-0.25, -0.2) is 0 Å². The first-order valence-electron chi connectivity index (χ1n) is 9.74. The second-order valence-corrected chi connectivity index (χ2v) is 7.08. The number of hydrogen-bond donors (Lipinski definition) is 1. The van der Waals surface area contributed by atoms with E-state index in [2.05, 4.69) is 12.2 Å². The third-order valence-electron chi connectivity index (χ3n) is 5.15. The minimum atomic E-state index is -4.19. The Balaban J connectivity index is 2.01. The molecule has 2 unspecified atom stereocenters. The molecule has 1 fully saturated rings. The van der Waals surface area contributed by atoms with E-state index in [9.17, 15) is 13.2 Å². The van der Waals surface area contributed by atoms with E-state index in [0.29, 0.717) is 39.3 Å². The van der Waals surface area contributed by atoms with E-state index in [-0.39, 0.29) is 5.92 Å². The van der Waals surface area contributed by atoms with Crippen LogP contribution in [-0.4, -0.2) is 74.4 Å². The predicted molar refractivity (Wildman–Crippen MR) is 106 cm³/mol. The second kappa shape index (κ2) is 10.0. The van der Waals surface area contributed by atoms with Crippen LogP contribution in [0.1, 0.15) is 32.3 Å². The van der Waals surface area contributed by atoms with E-state index in [1.165, 1.54) is 11.8 Å². The number of guanidine groups is 1. The SMILES string of the molecule is CCNC(=NCC(C)c1ccccc1OC)N1CCN(C(C)C(F)(F)F)CC1. The highest BCUT2D eigenvalue weighted by molar-refractivity contribution is 5.80. The van der Waals surface area contributed by atoms with Crippen molar-refractivity contribution in [2.45, 2.75) is 38.9 Å². The van der Waals surface area contributed by atoms with Crippen LogP contribution in [0.5, 0.6) is 5.75 Å². The molecule has 2 atom stereocenters. The Morgan fingerprint density at radius 1 is 1.18 bits per heavy atom. The Morgan fingerprint density at radius 2 is 1.82 bits per heavy atom. The molecule has 0 aliphatic carbocycles. The maximum atomic E-state index is 12.9. The van der Waals surface area contributed by atoms with Crippen molar-refractivity contribution in [3.8, 4) is 5.75 Å². The molecule has 0 spiro atoms. The van der Waals surface area contributed by atoms with Crippen LogP contribution in [0, 0.1) is 0 Å². The zero-order chi connectivity index (χ0) is 20.7. The van der Waals surface area contributed by atoms with E-state index in [1.807, 2.05) is 36.1 Å². The fourth-order valence-corrected chi connectivity index (χ4v) is 3.35. The van der Waals surface area contributed by atoms with Crippen LogP contribution in [0.3, 0.4) is 0 Å². The number of benzene rings is 1. The number of ether oxygens (including phenoxy) is 1. The van der Waals surface area contributed by atoms with Gasteiger partial charge in [-0.05, 0) is 25.5 Å². The molecule has 0 aromatic heterocycles. The number of piperazine rings is 1. The number of halogens is 3. The first-order chi connectivity index (χ1) is 13.3. The van der Waals surface area contributed by atoms with Crippen molar-refractivity contribution >= 4 is 5.96 Å². The number of nitrogens with one attached hydrogen (secondary N) is 1. The normalized spacial score (nSPS) is 18.7. The number of rotatable bonds is 6. The number of para-hydroxylation sites is 1. The van der Waals surface area contributed by atoms with E-state index in [4.69, 9.17) is 9.73 Å². The van der Waals surface area contributed by atoms with Gasteiger partial charge in [0.25, 0.3) is 0 Å². The summed E-state index contributed by atoms with van der Waals surface area (Å²) in [6.07, 6.45) is -4.19. The van der Waals surface area contributed by atoms with Gasteiger partial charge in [0.1, 0.15) is 11.8 Å². The van der Waals surface area contributed by atoms with Crippen LogP contribution in [0.25, 0.3) is 0 Å². The molecule has 158 valence electrons. The average molecular weight is 400 g/mol. The number of aliphatic imine (C=N–C) groups is 1. The minimum Gasteiger partial charge on any atom is -0.496 e. The van der Waals surface area contributed by atoms with Crippen molar-refractivity contribution in [2.75, 3.05) is 46.4 Å². The first-order valence-corrected chi connectivity index (χ1v) is 9.74. The van der Waals surface area contributed by atoms with E-state index >= 15 is 0 Å².